The van der Waals surface area contributed by atoms with Crippen molar-refractivity contribution in [1.29, 1.82) is 0 Å². The molecule has 0 aliphatic carbocycles. The summed E-state index contributed by atoms with van der Waals surface area (Å²) in [7, 11) is -4.00. The molecule has 0 bridgehead atoms. The van der Waals surface area contributed by atoms with Gasteiger partial charge in [0.05, 0.1) is 12.3 Å². The van der Waals surface area contributed by atoms with E-state index < -0.39 is 21.9 Å². The topological polar surface area (TPSA) is 80.7 Å². The Hall–Kier alpha value is -2.97. The van der Waals surface area contributed by atoms with Crippen LogP contribution in [0.25, 0.3) is 21.9 Å². The molecule has 1 saturated heterocycles. The summed E-state index contributed by atoms with van der Waals surface area (Å²) in [6, 6.07) is 12.1. The lowest BCUT2D eigenvalue weighted by Crippen LogP contribution is -2.40. The zero-order valence-electron chi connectivity index (χ0n) is 16.6. The second-order valence-electron chi connectivity index (χ2n) is 7.78. The van der Waals surface area contributed by atoms with Crippen LogP contribution < -0.4 is 0 Å². The smallest absolute Gasteiger partial charge is 0.277 e. The van der Waals surface area contributed by atoms with Crippen LogP contribution in [-0.2, 0) is 21.2 Å². The van der Waals surface area contributed by atoms with E-state index in [1.54, 1.807) is 6.26 Å². The molecule has 1 aliphatic rings. The number of sulfonamides is 1. The van der Waals surface area contributed by atoms with Gasteiger partial charge in [0, 0.05) is 29.8 Å². The number of furan rings is 2. The molecule has 31 heavy (non-hydrogen) atoms. The number of hydrogen-bond donors (Lipinski definition) is 0. The molecule has 0 spiro atoms. The van der Waals surface area contributed by atoms with Crippen molar-refractivity contribution < 1.29 is 26.4 Å². The summed E-state index contributed by atoms with van der Waals surface area (Å²) in [5.74, 6) is -0.587. The molecule has 0 saturated carbocycles. The minimum atomic E-state index is -4.00. The Morgan fingerprint density at radius 2 is 1.90 bits per heavy atom. The number of hydrogen-bond acceptors (Lipinski definition) is 5. The molecular formula is C23H20FNO5S. The zero-order chi connectivity index (χ0) is 21.6. The van der Waals surface area contributed by atoms with Gasteiger partial charge in [-0.2, -0.15) is 4.31 Å². The summed E-state index contributed by atoms with van der Waals surface area (Å²) >= 11 is 0. The van der Waals surface area contributed by atoms with E-state index >= 15 is 0 Å². The number of carbonyl (C=O) groups is 1. The molecule has 1 atom stereocenters. The van der Waals surface area contributed by atoms with Crippen molar-refractivity contribution in [2.45, 2.75) is 36.8 Å². The van der Waals surface area contributed by atoms with Gasteiger partial charge in [-0.15, -0.1) is 0 Å². The third kappa shape index (κ3) is 3.66. The van der Waals surface area contributed by atoms with E-state index in [0.29, 0.717) is 24.6 Å². The van der Waals surface area contributed by atoms with Crippen molar-refractivity contribution >= 4 is 37.7 Å². The van der Waals surface area contributed by atoms with Crippen LogP contribution in [0.15, 0.2) is 68.7 Å². The first-order valence-electron chi connectivity index (χ1n) is 10.1. The highest BCUT2D eigenvalue weighted by Crippen LogP contribution is 2.31. The molecule has 1 aliphatic heterocycles. The Balaban J connectivity index is 1.34. The molecule has 0 unspecified atom stereocenters. The standard InChI is InChI=1S/C23H20FNO5S/c24-18-5-8-22-17(13-18)14-23(30-22)31(27,28)25-10-1-2-19(25)20(26)6-3-15-4-7-21-16(12-15)9-11-29-21/h4-5,7-9,11-14,19H,1-3,6,10H2/t19-/m0/s1. The maximum atomic E-state index is 13.5. The summed E-state index contributed by atoms with van der Waals surface area (Å²) in [5.41, 5.74) is 2.07. The largest absolute Gasteiger partial charge is 0.464 e. The molecule has 2 aromatic carbocycles. The second-order valence-corrected chi connectivity index (χ2v) is 9.60. The SMILES string of the molecule is O=C(CCc1ccc2occc2c1)[C@@H]1CCCN1S(=O)(=O)c1cc2cc(F)ccc2o1. The van der Waals surface area contributed by atoms with Gasteiger partial charge in [0.25, 0.3) is 10.0 Å². The Morgan fingerprint density at radius 3 is 2.77 bits per heavy atom. The van der Waals surface area contributed by atoms with E-state index in [0.717, 1.165) is 16.5 Å². The molecule has 2 aromatic heterocycles. The summed E-state index contributed by atoms with van der Waals surface area (Å²) in [6.07, 6.45) is 3.46. The monoisotopic (exact) mass is 441 g/mol. The van der Waals surface area contributed by atoms with Gasteiger partial charge in [0.2, 0.25) is 5.09 Å². The van der Waals surface area contributed by atoms with Crippen molar-refractivity contribution in [2.75, 3.05) is 6.54 Å². The highest BCUT2D eigenvalue weighted by Gasteiger charge is 2.40. The fourth-order valence-corrected chi connectivity index (χ4v) is 5.82. The third-order valence-electron chi connectivity index (χ3n) is 5.77. The van der Waals surface area contributed by atoms with Crippen molar-refractivity contribution in [3.63, 3.8) is 0 Å². The lowest BCUT2D eigenvalue weighted by molar-refractivity contribution is -0.122. The molecule has 1 fully saturated rings. The number of rotatable bonds is 6. The molecule has 6 nitrogen and oxygen atoms in total. The summed E-state index contributed by atoms with van der Waals surface area (Å²) in [4.78, 5) is 12.9. The molecule has 0 N–H and O–H groups in total. The summed E-state index contributed by atoms with van der Waals surface area (Å²) < 4.78 is 51.8. The normalized spacial score (nSPS) is 17.6. The van der Waals surface area contributed by atoms with Crippen molar-refractivity contribution in [3.8, 4) is 0 Å². The minimum Gasteiger partial charge on any atom is -0.464 e. The van der Waals surface area contributed by atoms with Crippen molar-refractivity contribution in [2.24, 2.45) is 0 Å². The fraction of sp³-hybridized carbons (Fsp3) is 0.261. The van der Waals surface area contributed by atoms with E-state index in [1.807, 2.05) is 24.3 Å². The predicted octanol–water partition coefficient (Wildman–Crippen LogP) is 4.67. The summed E-state index contributed by atoms with van der Waals surface area (Å²) in [5, 5.41) is 1.07. The molecule has 0 radical (unpaired) electrons. The van der Waals surface area contributed by atoms with Gasteiger partial charge < -0.3 is 8.83 Å². The average molecular weight is 441 g/mol. The van der Waals surface area contributed by atoms with Crippen molar-refractivity contribution in [1.82, 2.24) is 4.31 Å². The molecule has 3 heterocycles. The van der Waals surface area contributed by atoms with Gasteiger partial charge in [-0.3, -0.25) is 4.79 Å². The number of aryl methyl sites for hydroxylation is 1. The number of nitrogens with zero attached hydrogens (tertiary/aromatic N) is 1. The maximum Gasteiger partial charge on any atom is 0.277 e. The van der Waals surface area contributed by atoms with Crippen LogP contribution in [0.2, 0.25) is 0 Å². The van der Waals surface area contributed by atoms with Crippen LogP contribution in [0.3, 0.4) is 0 Å². The van der Waals surface area contributed by atoms with Gasteiger partial charge in [-0.1, -0.05) is 6.07 Å². The van der Waals surface area contributed by atoms with Crippen LogP contribution >= 0.6 is 0 Å². The maximum absolute atomic E-state index is 13.5. The summed E-state index contributed by atoms with van der Waals surface area (Å²) in [6.45, 7) is 0.255. The number of carbonyl (C=O) groups excluding carboxylic acids is 1. The minimum absolute atomic E-state index is 0.115. The number of fused-ring (bicyclic) bond motifs is 2. The first-order valence-corrected chi connectivity index (χ1v) is 11.6. The molecule has 0 amide bonds. The van der Waals surface area contributed by atoms with E-state index in [1.165, 1.54) is 28.6 Å². The number of Topliss-reactive ketones (excluding diaryl/α,β-unsaturated/α-hetero) is 1. The van der Waals surface area contributed by atoms with E-state index in [9.17, 15) is 17.6 Å². The number of halogens is 1. The average Bonchev–Trinajstić information content (AvgIpc) is 3.50. The zero-order valence-corrected chi connectivity index (χ0v) is 17.4. The van der Waals surface area contributed by atoms with Crippen LogP contribution in [0.4, 0.5) is 4.39 Å². The van der Waals surface area contributed by atoms with Crippen LogP contribution in [0.5, 0.6) is 0 Å². The number of ketones is 1. The molecule has 4 aromatic rings. The molecule has 160 valence electrons. The number of benzene rings is 2. The van der Waals surface area contributed by atoms with E-state index in [4.69, 9.17) is 8.83 Å². The fourth-order valence-electron chi connectivity index (χ4n) is 4.19. The molecule has 8 heteroatoms. The Bertz CT molecular complexity index is 1390. The molecular weight excluding hydrogens is 421 g/mol. The lowest BCUT2D eigenvalue weighted by atomic mass is 10.0. The van der Waals surface area contributed by atoms with Crippen LogP contribution in [-0.4, -0.2) is 31.1 Å². The Kier molecular flexibility index (Phi) is 4.91. The van der Waals surface area contributed by atoms with E-state index in [2.05, 4.69) is 0 Å². The van der Waals surface area contributed by atoms with Gasteiger partial charge >= 0.3 is 0 Å². The van der Waals surface area contributed by atoms with Gasteiger partial charge in [-0.05, 0) is 61.2 Å². The second kappa shape index (κ2) is 7.62. The van der Waals surface area contributed by atoms with Crippen LogP contribution in [0.1, 0.15) is 24.8 Å². The lowest BCUT2D eigenvalue weighted by Gasteiger charge is -2.21. The first kappa shape index (κ1) is 20.0. The Labute approximate surface area is 178 Å². The van der Waals surface area contributed by atoms with Gasteiger partial charge in [0.15, 0.2) is 5.78 Å². The first-order chi connectivity index (χ1) is 14.9. The van der Waals surface area contributed by atoms with Gasteiger partial charge in [-0.25, -0.2) is 12.8 Å². The quantitative estimate of drug-likeness (QED) is 0.434. The van der Waals surface area contributed by atoms with Gasteiger partial charge in [0.1, 0.15) is 17.0 Å². The Morgan fingerprint density at radius 1 is 1.06 bits per heavy atom. The van der Waals surface area contributed by atoms with E-state index in [-0.39, 0.29) is 29.4 Å². The predicted molar refractivity (Wildman–Crippen MR) is 113 cm³/mol. The van der Waals surface area contributed by atoms with Crippen molar-refractivity contribution in [3.05, 3.63) is 66.2 Å². The molecule has 5 rings (SSSR count). The third-order valence-corrected chi connectivity index (χ3v) is 7.54. The highest BCUT2D eigenvalue weighted by atomic mass is 32.2. The van der Waals surface area contributed by atoms with Crippen LogP contribution in [0, 0.1) is 5.82 Å². The highest BCUT2D eigenvalue weighted by molar-refractivity contribution is 7.89.